The normalized spacial score (nSPS) is 15.1. The number of aromatic nitrogens is 1. The number of amides is 1. The van der Waals surface area contributed by atoms with E-state index in [1.54, 1.807) is 6.20 Å². The first-order valence-corrected chi connectivity index (χ1v) is 11.2. The number of hydrogen-bond acceptors (Lipinski definition) is 4. The largest absolute Gasteiger partial charge is 0.441 e. The molecule has 0 radical (unpaired) electrons. The van der Waals surface area contributed by atoms with Crippen LogP contribution in [0.25, 0.3) is 11.3 Å². The van der Waals surface area contributed by atoms with Gasteiger partial charge in [-0.25, -0.2) is 4.98 Å². The maximum atomic E-state index is 12.8. The Bertz CT molecular complexity index is 1020. The average Bonchev–Trinajstić information content (AvgIpc) is 3.12. The summed E-state index contributed by atoms with van der Waals surface area (Å²) in [5.74, 6) is 1.46. The fraction of sp³-hybridized carbons (Fsp3) is 0.360. The molecule has 5 nitrogen and oxygen atoms in total. The van der Waals surface area contributed by atoms with Crippen molar-refractivity contribution in [2.75, 3.05) is 26.2 Å². The predicted molar refractivity (Wildman–Crippen MR) is 123 cm³/mol. The molecule has 1 aliphatic rings. The maximum absolute atomic E-state index is 12.8. The molecule has 3 aromatic rings. The van der Waals surface area contributed by atoms with E-state index >= 15 is 0 Å². The summed E-state index contributed by atoms with van der Waals surface area (Å²) < 4.78 is 5.83. The minimum Gasteiger partial charge on any atom is -0.441 e. The first-order valence-electron chi connectivity index (χ1n) is 10.8. The van der Waals surface area contributed by atoms with Crippen LogP contribution in [0.1, 0.15) is 29.9 Å². The van der Waals surface area contributed by atoms with E-state index in [9.17, 15) is 4.79 Å². The van der Waals surface area contributed by atoms with Gasteiger partial charge in [-0.3, -0.25) is 9.69 Å². The highest BCUT2D eigenvalue weighted by Gasteiger charge is 2.20. The molecule has 4 rings (SSSR count). The standard InChI is InChI=1S/C25H28ClN3O2/c1-19-5-2-3-6-21(19)18-28-13-4-14-29(16-15-28)25(30)12-11-24-27-17-23(31-24)20-7-9-22(26)10-8-20/h2-3,5-10,17H,4,11-16,18H2,1H3. The molecule has 0 spiro atoms. The lowest BCUT2D eigenvalue weighted by molar-refractivity contribution is -0.131. The van der Waals surface area contributed by atoms with Crippen LogP contribution in [-0.2, 0) is 17.8 Å². The molecule has 0 unspecified atom stereocenters. The summed E-state index contributed by atoms with van der Waals surface area (Å²) in [6, 6.07) is 16.0. The van der Waals surface area contributed by atoms with Crippen molar-refractivity contribution in [3.8, 4) is 11.3 Å². The lowest BCUT2D eigenvalue weighted by Gasteiger charge is -2.22. The first-order chi connectivity index (χ1) is 15.1. The van der Waals surface area contributed by atoms with Crippen LogP contribution in [0.2, 0.25) is 5.02 Å². The smallest absolute Gasteiger partial charge is 0.223 e. The summed E-state index contributed by atoms with van der Waals surface area (Å²) in [5, 5.41) is 0.684. The molecule has 6 heteroatoms. The van der Waals surface area contributed by atoms with Gasteiger partial charge < -0.3 is 9.32 Å². The Morgan fingerprint density at radius 3 is 2.68 bits per heavy atom. The second kappa shape index (κ2) is 10.1. The van der Waals surface area contributed by atoms with Crippen molar-refractivity contribution in [3.63, 3.8) is 0 Å². The van der Waals surface area contributed by atoms with Gasteiger partial charge in [0.1, 0.15) is 0 Å². The average molecular weight is 438 g/mol. The Balaban J connectivity index is 1.27. The lowest BCUT2D eigenvalue weighted by Crippen LogP contribution is -2.35. The van der Waals surface area contributed by atoms with Gasteiger partial charge in [-0.05, 0) is 48.7 Å². The molecule has 0 atom stereocenters. The Hall–Kier alpha value is -2.63. The number of aryl methyl sites for hydroxylation is 2. The van der Waals surface area contributed by atoms with Crippen LogP contribution < -0.4 is 0 Å². The van der Waals surface area contributed by atoms with E-state index in [0.29, 0.717) is 29.5 Å². The third-order valence-electron chi connectivity index (χ3n) is 5.83. The van der Waals surface area contributed by atoms with Crippen molar-refractivity contribution in [1.82, 2.24) is 14.8 Å². The molecule has 1 fully saturated rings. The van der Waals surface area contributed by atoms with Crippen molar-refractivity contribution in [3.05, 3.63) is 76.8 Å². The number of nitrogens with zero attached hydrogens (tertiary/aromatic N) is 3. The zero-order valence-corrected chi connectivity index (χ0v) is 18.6. The van der Waals surface area contributed by atoms with Gasteiger partial charge >= 0.3 is 0 Å². The van der Waals surface area contributed by atoms with E-state index in [-0.39, 0.29) is 5.91 Å². The highest BCUT2D eigenvalue weighted by atomic mass is 35.5. The number of carbonyl (C=O) groups excluding carboxylic acids is 1. The molecule has 0 N–H and O–H groups in total. The Labute approximate surface area is 188 Å². The molecule has 0 aliphatic carbocycles. The molecule has 31 heavy (non-hydrogen) atoms. The van der Waals surface area contributed by atoms with Gasteiger partial charge in [-0.15, -0.1) is 0 Å². The summed E-state index contributed by atoms with van der Waals surface area (Å²) in [6.45, 7) is 6.60. The summed E-state index contributed by atoms with van der Waals surface area (Å²) in [7, 11) is 0. The molecule has 2 aromatic carbocycles. The van der Waals surface area contributed by atoms with Crippen LogP contribution in [0.15, 0.2) is 59.1 Å². The second-order valence-corrected chi connectivity index (χ2v) is 8.50. The highest BCUT2D eigenvalue weighted by molar-refractivity contribution is 6.30. The summed E-state index contributed by atoms with van der Waals surface area (Å²) >= 11 is 5.94. The zero-order valence-electron chi connectivity index (χ0n) is 17.9. The number of hydrogen-bond donors (Lipinski definition) is 0. The van der Waals surface area contributed by atoms with Gasteiger partial charge in [0.15, 0.2) is 11.7 Å². The van der Waals surface area contributed by atoms with E-state index in [0.717, 1.165) is 44.7 Å². The summed E-state index contributed by atoms with van der Waals surface area (Å²) in [6.07, 6.45) is 3.63. The van der Waals surface area contributed by atoms with E-state index in [1.165, 1.54) is 11.1 Å². The van der Waals surface area contributed by atoms with Crippen LogP contribution in [0.5, 0.6) is 0 Å². The topological polar surface area (TPSA) is 49.6 Å². The molecule has 0 bridgehead atoms. The minimum atomic E-state index is 0.170. The van der Waals surface area contributed by atoms with Gasteiger partial charge in [0.25, 0.3) is 0 Å². The quantitative estimate of drug-likeness (QED) is 0.546. The Morgan fingerprint density at radius 2 is 1.87 bits per heavy atom. The molecule has 162 valence electrons. The third-order valence-corrected chi connectivity index (χ3v) is 6.08. The second-order valence-electron chi connectivity index (χ2n) is 8.06. The Kier molecular flexibility index (Phi) is 7.05. The van der Waals surface area contributed by atoms with E-state index in [1.807, 2.05) is 29.2 Å². The molecule has 1 aromatic heterocycles. The number of benzene rings is 2. The predicted octanol–water partition coefficient (Wildman–Crippen LogP) is 4.97. The fourth-order valence-electron chi connectivity index (χ4n) is 3.95. The monoisotopic (exact) mass is 437 g/mol. The number of rotatable bonds is 6. The van der Waals surface area contributed by atoms with Crippen LogP contribution in [-0.4, -0.2) is 46.9 Å². The Morgan fingerprint density at radius 1 is 1.06 bits per heavy atom. The van der Waals surface area contributed by atoms with Gasteiger partial charge in [-0.2, -0.15) is 0 Å². The molecular formula is C25H28ClN3O2. The molecule has 0 saturated carbocycles. The third kappa shape index (κ3) is 5.75. The van der Waals surface area contributed by atoms with Crippen molar-refractivity contribution >= 4 is 17.5 Å². The van der Waals surface area contributed by atoms with E-state index < -0.39 is 0 Å². The van der Waals surface area contributed by atoms with Crippen molar-refractivity contribution in [1.29, 1.82) is 0 Å². The summed E-state index contributed by atoms with van der Waals surface area (Å²) in [5.41, 5.74) is 3.61. The molecule has 1 aliphatic heterocycles. The molecule has 1 saturated heterocycles. The highest BCUT2D eigenvalue weighted by Crippen LogP contribution is 2.23. The van der Waals surface area contributed by atoms with Crippen LogP contribution in [0, 0.1) is 6.92 Å². The number of carbonyl (C=O) groups is 1. The molecular weight excluding hydrogens is 410 g/mol. The summed E-state index contributed by atoms with van der Waals surface area (Å²) in [4.78, 5) is 21.6. The van der Waals surface area contributed by atoms with E-state index in [2.05, 4.69) is 41.1 Å². The van der Waals surface area contributed by atoms with Crippen LogP contribution in [0.3, 0.4) is 0 Å². The lowest BCUT2D eigenvalue weighted by atomic mass is 10.1. The van der Waals surface area contributed by atoms with Gasteiger partial charge in [0.2, 0.25) is 5.91 Å². The van der Waals surface area contributed by atoms with Gasteiger partial charge in [-0.1, -0.05) is 35.9 Å². The van der Waals surface area contributed by atoms with E-state index in [4.69, 9.17) is 16.0 Å². The van der Waals surface area contributed by atoms with Crippen LogP contribution in [0.4, 0.5) is 0 Å². The number of halogens is 1. The van der Waals surface area contributed by atoms with Crippen molar-refractivity contribution in [2.24, 2.45) is 0 Å². The zero-order chi connectivity index (χ0) is 21.6. The van der Waals surface area contributed by atoms with Crippen LogP contribution >= 0.6 is 11.6 Å². The molecule has 1 amide bonds. The van der Waals surface area contributed by atoms with Gasteiger partial charge in [0, 0.05) is 56.2 Å². The minimum absolute atomic E-state index is 0.170. The molecule has 2 heterocycles. The van der Waals surface area contributed by atoms with Gasteiger partial charge in [0.05, 0.1) is 6.20 Å². The number of oxazole rings is 1. The fourth-order valence-corrected chi connectivity index (χ4v) is 4.08. The van der Waals surface area contributed by atoms with Crippen molar-refractivity contribution in [2.45, 2.75) is 32.7 Å². The first kappa shape index (κ1) is 21.6. The SMILES string of the molecule is Cc1ccccc1CN1CCCN(C(=O)CCc2ncc(-c3ccc(Cl)cc3)o2)CC1. The maximum Gasteiger partial charge on any atom is 0.223 e. The van der Waals surface area contributed by atoms with Crippen molar-refractivity contribution < 1.29 is 9.21 Å².